The Bertz CT molecular complexity index is 976. The summed E-state index contributed by atoms with van der Waals surface area (Å²) in [6.07, 6.45) is 3.43. The molecule has 142 valence electrons. The van der Waals surface area contributed by atoms with Crippen molar-refractivity contribution in [2.24, 2.45) is 11.8 Å². The minimum Gasteiger partial charge on any atom is -0.460 e. The topological polar surface area (TPSA) is 55.8 Å². The monoisotopic (exact) mass is 439 g/mol. The molecule has 0 radical (unpaired) electrons. The summed E-state index contributed by atoms with van der Waals surface area (Å²) in [6.45, 7) is 0.586. The van der Waals surface area contributed by atoms with Crippen LogP contribution in [-0.2, 0) is 25.7 Å². The fraction of sp³-hybridized carbons (Fsp3) is 0.273. The first-order valence-electron chi connectivity index (χ1n) is 9.23. The fourth-order valence-corrected chi connectivity index (χ4v) is 4.97. The number of carbonyl (C=O) groups is 2. The highest BCUT2D eigenvalue weighted by atomic mass is 79.9. The molecule has 4 atom stereocenters. The molecule has 2 aromatic rings. The molecule has 3 aliphatic rings. The number of halogens is 1. The summed E-state index contributed by atoms with van der Waals surface area (Å²) in [5, 5.41) is 0. The van der Waals surface area contributed by atoms with Crippen LogP contribution in [0.2, 0.25) is 0 Å². The summed E-state index contributed by atoms with van der Waals surface area (Å²) in [5.74, 6) is -1.65. The van der Waals surface area contributed by atoms with E-state index in [4.69, 9.17) is 9.47 Å². The van der Waals surface area contributed by atoms with Gasteiger partial charge in [0.2, 0.25) is 5.91 Å². The molecular weight excluding hydrogens is 422 g/mol. The zero-order chi connectivity index (χ0) is 19.3. The number of fused-ring (bicyclic) bond motifs is 1. The van der Waals surface area contributed by atoms with Gasteiger partial charge < -0.3 is 14.4 Å². The van der Waals surface area contributed by atoms with Crippen molar-refractivity contribution in [1.29, 1.82) is 0 Å². The Morgan fingerprint density at radius 3 is 2.71 bits per heavy atom. The van der Waals surface area contributed by atoms with Crippen LogP contribution in [0.3, 0.4) is 0 Å². The standard InChI is InChI=1S/C22H18BrNO4/c23-15-8-4-5-9-16(15)24-13-22-11-10-17(28-22)18(19(22)20(24)25)21(26)27-12-14-6-2-1-3-7-14/h1-11,17-19H,12-13H2/t17-,18-,19-,22+/m0/s1. The van der Waals surface area contributed by atoms with E-state index in [0.717, 1.165) is 15.7 Å². The summed E-state index contributed by atoms with van der Waals surface area (Å²) in [5.41, 5.74) is 0.943. The van der Waals surface area contributed by atoms with E-state index in [1.807, 2.05) is 66.7 Å². The Morgan fingerprint density at radius 1 is 1.18 bits per heavy atom. The lowest BCUT2D eigenvalue weighted by Crippen LogP contribution is -2.40. The van der Waals surface area contributed by atoms with Crippen molar-refractivity contribution >= 4 is 33.5 Å². The van der Waals surface area contributed by atoms with Crippen LogP contribution < -0.4 is 4.90 Å². The molecule has 3 heterocycles. The van der Waals surface area contributed by atoms with Crippen molar-refractivity contribution < 1.29 is 19.1 Å². The normalized spacial score (nSPS) is 30.0. The van der Waals surface area contributed by atoms with Crippen molar-refractivity contribution in [3.05, 3.63) is 76.8 Å². The maximum Gasteiger partial charge on any atom is 0.313 e. The van der Waals surface area contributed by atoms with Crippen LogP contribution in [0, 0.1) is 11.8 Å². The van der Waals surface area contributed by atoms with E-state index in [0.29, 0.717) is 6.54 Å². The van der Waals surface area contributed by atoms with E-state index in [1.165, 1.54) is 0 Å². The van der Waals surface area contributed by atoms with Gasteiger partial charge in [0.1, 0.15) is 18.1 Å². The second kappa shape index (κ2) is 6.57. The van der Waals surface area contributed by atoms with Crippen LogP contribution in [0.1, 0.15) is 5.56 Å². The molecule has 0 aromatic heterocycles. The molecule has 5 nitrogen and oxygen atoms in total. The lowest BCUT2D eigenvalue weighted by Gasteiger charge is -2.22. The molecular formula is C22H18BrNO4. The number of benzene rings is 2. The molecule has 0 unspecified atom stereocenters. The summed E-state index contributed by atoms with van der Waals surface area (Å²) in [4.78, 5) is 27.9. The van der Waals surface area contributed by atoms with Gasteiger partial charge >= 0.3 is 5.97 Å². The molecule has 2 bridgehead atoms. The number of para-hydroxylation sites is 1. The van der Waals surface area contributed by atoms with Gasteiger partial charge in [0.15, 0.2) is 0 Å². The minimum absolute atomic E-state index is 0.0968. The van der Waals surface area contributed by atoms with Gasteiger partial charge in [-0.1, -0.05) is 54.6 Å². The van der Waals surface area contributed by atoms with E-state index in [1.54, 1.807) is 4.90 Å². The number of hydrogen-bond donors (Lipinski definition) is 0. The zero-order valence-corrected chi connectivity index (χ0v) is 16.5. The van der Waals surface area contributed by atoms with Crippen LogP contribution in [0.4, 0.5) is 5.69 Å². The largest absolute Gasteiger partial charge is 0.460 e. The van der Waals surface area contributed by atoms with Crippen molar-refractivity contribution in [1.82, 2.24) is 0 Å². The molecule has 2 saturated heterocycles. The van der Waals surface area contributed by atoms with Crippen LogP contribution in [-0.4, -0.2) is 30.1 Å². The van der Waals surface area contributed by atoms with Crippen molar-refractivity contribution in [2.45, 2.75) is 18.3 Å². The second-order valence-corrected chi connectivity index (χ2v) is 8.22. The van der Waals surface area contributed by atoms with Crippen molar-refractivity contribution in [3.63, 3.8) is 0 Å². The summed E-state index contributed by atoms with van der Waals surface area (Å²) < 4.78 is 12.5. The average Bonchev–Trinajstić information content (AvgIpc) is 3.36. The highest BCUT2D eigenvalue weighted by molar-refractivity contribution is 9.10. The van der Waals surface area contributed by atoms with Gasteiger partial charge in [-0.25, -0.2) is 0 Å². The number of esters is 1. The molecule has 2 fully saturated rings. The van der Waals surface area contributed by atoms with Gasteiger partial charge in [-0.2, -0.15) is 0 Å². The number of nitrogens with zero attached hydrogens (tertiary/aromatic N) is 1. The molecule has 5 rings (SSSR count). The number of rotatable bonds is 4. The SMILES string of the molecule is O=C(OCc1ccccc1)[C@H]1[C@@H]2C=C[C@]3(CN(c4ccccc4Br)C(=O)[C@H]13)O2. The lowest BCUT2D eigenvalue weighted by atomic mass is 9.77. The number of amides is 1. The van der Waals surface area contributed by atoms with E-state index in [9.17, 15) is 9.59 Å². The van der Waals surface area contributed by atoms with Gasteiger partial charge in [-0.05, 0) is 33.6 Å². The molecule has 0 N–H and O–H groups in total. The van der Waals surface area contributed by atoms with Crippen molar-refractivity contribution in [3.8, 4) is 0 Å². The molecule has 2 aromatic carbocycles. The molecule has 28 heavy (non-hydrogen) atoms. The highest BCUT2D eigenvalue weighted by Gasteiger charge is 2.67. The molecule has 3 aliphatic heterocycles. The first-order chi connectivity index (χ1) is 13.6. The maximum atomic E-state index is 13.3. The molecule has 0 aliphatic carbocycles. The third-order valence-electron chi connectivity index (χ3n) is 5.74. The second-order valence-electron chi connectivity index (χ2n) is 7.37. The Kier molecular flexibility index (Phi) is 4.14. The highest BCUT2D eigenvalue weighted by Crippen LogP contribution is 2.53. The summed E-state index contributed by atoms with van der Waals surface area (Å²) in [7, 11) is 0. The van der Waals surface area contributed by atoms with Gasteiger partial charge in [0.25, 0.3) is 0 Å². The van der Waals surface area contributed by atoms with E-state index >= 15 is 0 Å². The quantitative estimate of drug-likeness (QED) is 0.540. The molecule has 6 heteroatoms. The fourth-order valence-electron chi connectivity index (χ4n) is 4.47. The number of anilines is 1. The van der Waals surface area contributed by atoms with Gasteiger partial charge in [0, 0.05) is 4.47 Å². The Hall–Kier alpha value is -2.44. The summed E-state index contributed by atoms with van der Waals surface area (Å²) in [6, 6.07) is 17.1. The molecule has 1 amide bonds. The maximum absolute atomic E-state index is 13.3. The minimum atomic E-state index is -0.756. The van der Waals surface area contributed by atoms with Gasteiger partial charge in [-0.3, -0.25) is 9.59 Å². The lowest BCUT2D eigenvalue weighted by molar-refractivity contribution is -0.153. The molecule has 1 spiro atoms. The van der Waals surface area contributed by atoms with Crippen LogP contribution in [0.25, 0.3) is 0 Å². The zero-order valence-electron chi connectivity index (χ0n) is 15.0. The van der Waals surface area contributed by atoms with Gasteiger partial charge in [0.05, 0.1) is 24.3 Å². The average molecular weight is 440 g/mol. The predicted molar refractivity (Wildman–Crippen MR) is 106 cm³/mol. The Balaban J connectivity index is 1.40. The first-order valence-corrected chi connectivity index (χ1v) is 10.0. The summed E-state index contributed by atoms with van der Waals surface area (Å²) >= 11 is 3.51. The van der Waals surface area contributed by atoms with E-state index < -0.39 is 23.5 Å². The Morgan fingerprint density at radius 2 is 1.93 bits per heavy atom. The third kappa shape index (κ3) is 2.63. The van der Waals surface area contributed by atoms with E-state index in [-0.39, 0.29) is 18.5 Å². The number of ether oxygens (including phenoxy) is 2. The molecule has 0 saturated carbocycles. The van der Waals surface area contributed by atoms with Crippen LogP contribution in [0.5, 0.6) is 0 Å². The first kappa shape index (κ1) is 17.6. The smallest absolute Gasteiger partial charge is 0.313 e. The number of carbonyl (C=O) groups excluding carboxylic acids is 2. The van der Waals surface area contributed by atoms with Gasteiger partial charge in [-0.15, -0.1) is 0 Å². The third-order valence-corrected chi connectivity index (χ3v) is 6.41. The Labute approximate surface area is 171 Å². The number of hydrogen-bond acceptors (Lipinski definition) is 4. The van der Waals surface area contributed by atoms with Crippen molar-refractivity contribution in [2.75, 3.05) is 11.4 Å². The predicted octanol–water partition coefficient (Wildman–Crippen LogP) is 3.48. The van der Waals surface area contributed by atoms with E-state index in [2.05, 4.69) is 15.9 Å². The van der Waals surface area contributed by atoms with Crippen LogP contribution in [0.15, 0.2) is 71.2 Å². The van der Waals surface area contributed by atoms with Crippen LogP contribution >= 0.6 is 15.9 Å².